The van der Waals surface area contributed by atoms with Gasteiger partial charge in [0.15, 0.2) is 0 Å². The largest absolute Gasteiger partial charge is 0.481 e. The third kappa shape index (κ3) is 3.76. The predicted octanol–water partition coefficient (Wildman–Crippen LogP) is 1.60. The molecular weight excluding hydrogens is 206 g/mol. The molecular formula is C12H23NO3. The maximum absolute atomic E-state index is 11.1. The number of carboxylic acids is 1. The Hall–Kier alpha value is -0.610. The van der Waals surface area contributed by atoms with Crippen LogP contribution in [-0.4, -0.2) is 48.3 Å². The summed E-state index contributed by atoms with van der Waals surface area (Å²) in [5.74, 6) is -0.679. The second-order valence-corrected chi connectivity index (χ2v) is 5.17. The molecule has 1 unspecified atom stereocenters. The van der Waals surface area contributed by atoms with Gasteiger partial charge < -0.3 is 9.84 Å². The van der Waals surface area contributed by atoms with Gasteiger partial charge in [-0.3, -0.25) is 9.69 Å². The highest BCUT2D eigenvalue weighted by atomic mass is 16.5. The Balaban J connectivity index is 2.36. The predicted molar refractivity (Wildman–Crippen MR) is 62.5 cm³/mol. The fourth-order valence-corrected chi connectivity index (χ4v) is 2.13. The van der Waals surface area contributed by atoms with Crippen molar-refractivity contribution >= 4 is 5.97 Å². The minimum Gasteiger partial charge on any atom is -0.481 e. The second kappa shape index (κ2) is 5.64. The van der Waals surface area contributed by atoms with Crippen LogP contribution in [0.3, 0.4) is 0 Å². The molecule has 0 saturated carbocycles. The van der Waals surface area contributed by atoms with Gasteiger partial charge in [0.05, 0.1) is 18.1 Å². The molecule has 16 heavy (non-hydrogen) atoms. The molecule has 0 amide bonds. The molecule has 1 aliphatic heterocycles. The molecule has 1 N–H and O–H groups in total. The van der Waals surface area contributed by atoms with Crippen molar-refractivity contribution in [2.24, 2.45) is 5.41 Å². The van der Waals surface area contributed by atoms with E-state index in [0.717, 1.165) is 25.9 Å². The second-order valence-electron chi connectivity index (χ2n) is 5.17. The van der Waals surface area contributed by atoms with Crippen LogP contribution in [0.15, 0.2) is 0 Å². The number of rotatable bonds is 5. The van der Waals surface area contributed by atoms with Crippen LogP contribution in [-0.2, 0) is 9.53 Å². The Morgan fingerprint density at radius 3 is 2.81 bits per heavy atom. The van der Waals surface area contributed by atoms with Gasteiger partial charge in [-0.2, -0.15) is 0 Å². The highest BCUT2D eigenvalue weighted by Gasteiger charge is 2.37. The highest BCUT2D eigenvalue weighted by Crippen LogP contribution is 2.29. The zero-order valence-electron chi connectivity index (χ0n) is 10.5. The van der Waals surface area contributed by atoms with Crippen LogP contribution >= 0.6 is 0 Å². The first-order valence-electron chi connectivity index (χ1n) is 6.01. The van der Waals surface area contributed by atoms with Crippen molar-refractivity contribution in [1.29, 1.82) is 0 Å². The first kappa shape index (κ1) is 13.5. The summed E-state index contributed by atoms with van der Waals surface area (Å²) in [6, 6.07) is 0. The van der Waals surface area contributed by atoms with E-state index in [1.54, 1.807) is 0 Å². The molecule has 0 aromatic heterocycles. The number of likely N-dealkylation sites (tertiary alicyclic amines) is 1. The van der Waals surface area contributed by atoms with Crippen molar-refractivity contribution in [2.45, 2.75) is 39.7 Å². The van der Waals surface area contributed by atoms with Gasteiger partial charge in [-0.25, -0.2) is 0 Å². The van der Waals surface area contributed by atoms with Gasteiger partial charge in [0.25, 0.3) is 0 Å². The number of carboxylic acid groups (broad SMARTS) is 1. The molecule has 1 aliphatic rings. The maximum atomic E-state index is 11.1. The van der Waals surface area contributed by atoms with Gasteiger partial charge in [0.1, 0.15) is 0 Å². The van der Waals surface area contributed by atoms with Crippen molar-refractivity contribution < 1.29 is 14.6 Å². The van der Waals surface area contributed by atoms with E-state index in [-0.39, 0.29) is 6.10 Å². The SMILES string of the molecule is CC(C)OCCN1CCCC(C)(C(=O)O)C1. The summed E-state index contributed by atoms with van der Waals surface area (Å²) < 4.78 is 5.48. The summed E-state index contributed by atoms with van der Waals surface area (Å²) in [6.07, 6.45) is 1.99. The van der Waals surface area contributed by atoms with Crippen LogP contribution in [0.25, 0.3) is 0 Å². The lowest BCUT2D eigenvalue weighted by molar-refractivity contribution is -0.151. The summed E-state index contributed by atoms with van der Waals surface area (Å²) in [6.45, 7) is 9.02. The van der Waals surface area contributed by atoms with Crippen LogP contribution in [0.1, 0.15) is 33.6 Å². The number of aliphatic carboxylic acids is 1. The molecule has 0 spiro atoms. The van der Waals surface area contributed by atoms with Crippen molar-refractivity contribution in [3.05, 3.63) is 0 Å². The first-order valence-corrected chi connectivity index (χ1v) is 6.01. The monoisotopic (exact) mass is 229 g/mol. The molecule has 1 atom stereocenters. The molecule has 0 aromatic rings. The average Bonchev–Trinajstić information content (AvgIpc) is 2.17. The number of carbonyl (C=O) groups is 1. The van der Waals surface area contributed by atoms with Crippen molar-refractivity contribution in [3.63, 3.8) is 0 Å². The standard InChI is InChI=1S/C12H23NO3/c1-10(2)16-8-7-13-6-4-5-12(3,9-13)11(14)15/h10H,4-9H2,1-3H3,(H,14,15). The Kier molecular flexibility index (Phi) is 4.74. The van der Waals surface area contributed by atoms with Crippen LogP contribution in [0.2, 0.25) is 0 Å². The molecule has 0 aromatic carbocycles. The number of hydrogen-bond acceptors (Lipinski definition) is 3. The topological polar surface area (TPSA) is 49.8 Å². The Morgan fingerprint density at radius 2 is 2.25 bits per heavy atom. The van der Waals surface area contributed by atoms with E-state index in [9.17, 15) is 9.90 Å². The number of hydrogen-bond donors (Lipinski definition) is 1. The molecule has 1 saturated heterocycles. The van der Waals surface area contributed by atoms with Crippen molar-refractivity contribution in [1.82, 2.24) is 4.90 Å². The molecule has 0 radical (unpaired) electrons. The third-order valence-electron chi connectivity index (χ3n) is 3.15. The molecule has 0 aliphatic carbocycles. The minimum absolute atomic E-state index is 0.246. The summed E-state index contributed by atoms with van der Waals surface area (Å²) in [4.78, 5) is 13.3. The van der Waals surface area contributed by atoms with Crippen molar-refractivity contribution in [3.8, 4) is 0 Å². The van der Waals surface area contributed by atoms with Crippen LogP contribution in [0.5, 0.6) is 0 Å². The number of nitrogens with zero attached hydrogens (tertiary/aromatic N) is 1. The summed E-state index contributed by atoms with van der Waals surface area (Å²) >= 11 is 0. The van der Waals surface area contributed by atoms with Gasteiger partial charge in [-0.05, 0) is 40.2 Å². The quantitative estimate of drug-likeness (QED) is 0.778. The normalized spacial score (nSPS) is 27.2. The van der Waals surface area contributed by atoms with Crippen LogP contribution < -0.4 is 0 Å². The van der Waals surface area contributed by atoms with E-state index >= 15 is 0 Å². The molecule has 4 nitrogen and oxygen atoms in total. The lowest BCUT2D eigenvalue weighted by Crippen LogP contribution is -2.47. The van der Waals surface area contributed by atoms with Crippen molar-refractivity contribution in [2.75, 3.05) is 26.2 Å². The number of piperidine rings is 1. The Morgan fingerprint density at radius 1 is 1.56 bits per heavy atom. The zero-order chi connectivity index (χ0) is 12.2. The van der Waals surface area contributed by atoms with Gasteiger partial charge in [0.2, 0.25) is 0 Å². The lowest BCUT2D eigenvalue weighted by Gasteiger charge is -2.37. The Bertz CT molecular complexity index is 242. The summed E-state index contributed by atoms with van der Waals surface area (Å²) in [7, 11) is 0. The van der Waals surface area contributed by atoms with E-state index in [1.807, 2.05) is 20.8 Å². The fourth-order valence-electron chi connectivity index (χ4n) is 2.13. The number of ether oxygens (including phenoxy) is 1. The molecule has 1 heterocycles. The molecule has 1 fully saturated rings. The zero-order valence-corrected chi connectivity index (χ0v) is 10.5. The van der Waals surface area contributed by atoms with E-state index in [1.165, 1.54) is 0 Å². The average molecular weight is 229 g/mol. The van der Waals surface area contributed by atoms with Gasteiger partial charge in [-0.15, -0.1) is 0 Å². The highest BCUT2D eigenvalue weighted by molar-refractivity contribution is 5.74. The first-order chi connectivity index (χ1) is 7.44. The molecule has 1 rings (SSSR count). The van der Waals surface area contributed by atoms with E-state index < -0.39 is 11.4 Å². The van der Waals surface area contributed by atoms with Crippen LogP contribution in [0, 0.1) is 5.41 Å². The minimum atomic E-state index is -0.679. The smallest absolute Gasteiger partial charge is 0.310 e. The summed E-state index contributed by atoms with van der Waals surface area (Å²) in [5, 5.41) is 9.17. The van der Waals surface area contributed by atoms with Gasteiger partial charge >= 0.3 is 5.97 Å². The van der Waals surface area contributed by atoms with Crippen LogP contribution in [0.4, 0.5) is 0 Å². The molecule has 4 heteroatoms. The van der Waals surface area contributed by atoms with E-state index in [0.29, 0.717) is 13.2 Å². The molecule has 0 bridgehead atoms. The third-order valence-corrected chi connectivity index (χ3v) is 3.15. The van der Waals surface area contributed by atoms with E-state index in [2.05, 4.69) is 4.90 Å². The fraction of sp³-hybridized carbons (Fsp3) is 0.917. The van der Waals surface area contributed by atoms with Gasteiger partial charge in [0, 0.05) is 13.1 Å². The van der Waals surface area contributed by atoms with Gasteiger partial charge in [-0.1, -0.05) is 0 Å². The lowest BCUT2D eigenvalue weighted by atomic mass is 9.82. The maximum Gasteiger partial charge on any atom is 0.310 e. The molecule has 94 valence electrons. The Labute approximate surface area is 97.6 Å². The van der Waals surface area contributed by atoms with E-state index in [4.69, 9.17) is 4.74 Å². The summed E-state index contributed by atoms with van der Waals surface area (Å²) in [5.41, 5.74) is -0.573.